The summed E-state index contributed by atoms with van der Waals surface area (Å²) in [6.45, 7) is 0.641. The number of esters is 1. The summed E-state index contributed by atoms with van der Waals surface area (Å²) in [6, 6.07) is 3.85. The Balaban J connectivity index is 3.34. The van der Waals surface area contributed by atoms with Crippen molar-refractivity contribution < 1.29 is 23.4 Å². The fourth-order valence-electron chi connectivity index (χ4n) is 1.47. The van der Waals surface area contributed by atoms with Gasteiger partial charge in [0.25, 0.3) is 5.92 Å². The number of benzene rings is 1. The van der Waals surface area contributed by atoms with Gasteiger partial charge in [0, 0.05) is 18.1 Å². The number of alkyl halides is 2. The van der Waals surface area contributed by atoms with Crippen LogP contribution in [0.25, 0.3) is 0 Å². The van der Waals surface area contributed by atoms with Crippen LogP contribution >= 0.6 is 11.6 Å². The summed E-state index contributed by atoms with van der Waals surface area (Å²) in [5.74, 6) is -4.28. The van der Waals surface area contributed by atoms with E-state index in [1.54, 1.807) is 0 Å². The van der Waals surface area contributed by atoms with E-state index >= 15 is 0 Å². The molecule has 17 heavy (non-hydrogen) atoms. The van der Waals surface area contributed by atoms with E-state index in [9.17, 15) is 18.7 Å². The standard InChI is InChI=1S/C11H11ClF2O3/c1-11(13,14)8-6(4-3-5-7(8)12)9(15)10(16)17-2/h3-5,9,15H,1-2H3. The Labute approximate surface area is 102 Å². The number of rotatable bonds is 3. The van der Waals surface area contributed by atoms with Crippen LogP contribution in [0.2, 0.25) is 5.02 Å². The van der Waals surface area contributed by atoms with Gasteiger partial charge in [-0.3, -0.25) is 0 Å². The Morgan fingerprint density at radius 2 is 2.12 bits per heavy atom. The van der Waals surface area contributed by atoms with Crippen molar-refractivity contribution in [1.29, 1.82) is 0 Å². The molecular weight excluding hydrogens is 254 g/mol. The van der Waals surface area contributed by atoms with E-state index in [4.69, 9.17) is 11.6 Å². The van der Waals surface area contributed by atoms with E-state index in [1.807, 2.05) is 0 Å². The first-order chi connectivity index (χ1) is 7.79. The van der Waals surface area contributed by atoms with Gasteiger partial charge in [-0.05, 0) is 6.07 Å². The predicted molar refractivity (Wildman–Crippen MR) is 58.0 cm³/mol. The lowest BCUT2D eigenvalue weighted by Crippen LogP contribution is -2.19. The lowest BCUT2D eigenvalue weighted by molar-refractivity contribution is -0.150. The summed E-state index contributed by atoms with van der Waals surface area (Å²) in [6.07, 6.45) is -1.78. The highest BCUT2D eigenvalue weighted by molar-refractivity contribution is 6.31. The number of aliphatic hydroxyl groups excluding tert-OH is 1. The van der Waals surface area contributed by atoms with Crippen LogP contribution in [0.1, 0.15) is 24.2 Å². The molecule has 0 amide bonds. The average Bonchev–Trinajstić information content (AvgIpc) is 2.24. The first-order valence-electron chi connectivity index (χ1n) is 4.71. The maximum absolute atomic E-state index is 13.4. The van der Waals surface area contributed by atoms with Gasteiger partial charge in [-0.2, -0.15) is 0 Å². The molecule has 1 aromatic rings. The lowest BCUT2D eigenvalue weighted by atomic mass is 9.98. The van der Waals surface area contributed by atoms with Gasteiger partial charge >= 0.3 is 5.97 Å². The predicted octanol–water partition coefficient (Wildman–Crippen LogP) is 2.66. The zero-order valence-corrected chi connectivity index (χ0v) is 9.96. The van der Waals surface area contributed by atoms with Gasteiger partial charge < -0.3 is 9.84 Å². The summed E-state index contributed by atoms with van der Waals surface area (Å²) in [7, 11) is 1.06. The number of hydrogen-bond acceptors (Lipinski definition) is 3. The van der Waals surface area contributed by atoms with E-state index in [-0.39, 0.29) is 10.6 Å². The van der Waals surface area contributed by atoms with Crippen molar-refractivity contribution in [1.82, 2.24) is 0 Å². The SMILES string of the molecule is COC(=O)C(O)c1cccc(Cl)c1C(C)(F)F. The fraction of sp³-hybridized carbons (Fsp3) is 0.364. The number of carbonyl (C=O) groups excluding carboxylic acids is 1. The van der Waals surface area contributed by atoms with E-state index in [2.05, 4.69) is 4.74 Å². The van der Waals surface area contributed by atoms with Crippen molar-refractivity contribution in [2.24, 2.45) is 0 Å². The minimum absolute atomic E-state index is 0.210. The van der Waals surface area contributed by atoms with Gasteiger partial charge in [-0.1, -0.05) is 23.7 Å². The first-order valence-corrected chi connectivity index (χ1v) is 5.09. The van der Waals surface area contributed by atoms with E-state index in [0.717, 1.165) is 7.11 Å². The molecule has 0 bridgehead atoms. The molecule has 0 aromatic heterocycles. The van der Waals surface area contributed by atoms with Crippen LogP contribution in [0.4, 0.5) is 8.78 Å². The molecule has 0 heterocycles. The van der Waals surface area contributed by atoms with Crippen LogP contribution < -0.4 is 0 Å². The van der Waals surface area contributed by atoms with E-state index < -0.39 is 23.6 Å². The molecule has 94 valence electrons. The highest BCUT2D eigenvalue weighted by Crippen LogP contribution is 2.38. The Bertz CT molecular complexity index is 429. The van der Waals surface area contributed by atoms with Crippen LogP contribution in [-0.4, -0.2) is 18.2 Å². The van der Waals surface area contributed by atoms with Crippen molar-refractivity contribution in [2.75, 3.05) is 7.11 Å². The highest BCUT2D eigenvalue weighted by Gasteiger charge is 2.34. The number of aliphatic hydroxyl groups is 1. The number of hydrogen-bond donors (Lipinski definition) is 1. The molecule has 0 fully saturated rings. The van der Waals surface area contributed by atoms with Crippen LogP contribution in [0, 0.1) is 0 Å². The maximum atomic E-state index is 13.4. The second kappa shape index (κ2) is 4.98. The monoisotopic (exact) mass is 264 g/mol. The zero-order valence-electron chi connectivity index (χ0n) is 9.21. The van der Waals surface area contributed by atoms with Crippen LogP contribution in [0.5, 0.6) is 0 Å². The van der Waals surface area contributed by atoms with Crippen molar-refractivity contribution >= 4 is 17.6 Å². The Morgan fingerprint density at radius 1 is 1.53 bits per heavy atom. The lowest BCUT2D eigenvalue weighted by Gasteiger charge is -2.19. The van der Waals surface area contributed by atoms with E-state index in [1.165, 1.54) is 18.2 Å². The Morgan fingerprint density at radius 3 is 2.59 bits per heavy atom. The summed E-state index contributed by atoms with van der Waals surface area (Å²) >= 11 is 5.66. The smallest absolute Gasteiger partial charge is 0.339 e. The molecule has 1 unspecified atom stereocenters. The molecule has 0 radical (unpaired) electrons. The van der Waals surface area contributed by atoms with Crippen molar-refractivity contribution in [2.45, 2.75) is 19.0 Å². The summed E-state index contributed by atoms with van der Waals surface area (Å²) in [5, 5.41) is 9.38. The second-order valence-electron chi connectivity index (χ2n) is 3.52. The Hall–Kier alpha value is -1.20. The molecule has 0 saturated heterocycles. The van der Waals surface area contributed by atoms with Crippen LogP contribution in [0.15, 0.2) is 18.2 Å². The van der Waals surface area contributed by atoms with Crippen LogP contribution in [-0.2, 0) is 15.5 Å². The molecule has 1 atom stereocenters. The molecule has 1 aromatic carbocycles. The zero-order chi connectivity index (χ0) is 13.2. The molecular formula is C11H11ClF2O3. The van der Waals surface area contributed by atoms with Crippen molar-refractivity contribution in [3.8, 4) is 0 Å². The Kier molecular flexibility index (Phi) is 4.06. The third-order valence-electron chi connectivity index (χ3n) is 2.20. The molecule has 0 aliphatic rings. The van der Waals surface area contributed by atoms with E-state index in [0.29, 0.717) is 6.92 Å². The third kappa shape index (κ3) is 2.92. The topological polar surface area (TPSA) is 46.5 Å². The van der Waals surface area contributed by atoms with Gasteiger partial charge in [0.05, 0.1) is 12.1 Å². The van der Waals surface area contributed by atoms with Crippen molar-refractivity contribution in [3.05, 3.63) is 34.3 Å². The highest BCUT2D eigenvalue weighted by atomic mass is 35.5. The summed E-state index contributed by atoms with van der Waals surface area (Å²) < 4.78 is 31.0. The molecule has 0 aliphatic heterocycles. The minimum atomic E-state index is -3.26. The quantitative estimate of drug-likeness (QED) is 0.854. The first kappa shape index (κ1) is 13.9. The van der Waals surface area contributed by atoms with Gasteiger partial charge in [-0.25, -0.2) is 13.6 Å². The van der Waals surface area contributed by atoms with Crippen LogP contribution in [0.3, 0.4) is 0 Å². The number of methoxy groups -OCH3 is 1. The second-order valence-corrected chi connectivity index (χ2v) is 3.93. The fourth-order valence-corrected chi connectivity index (χ4v) is 1.82. The molecule has 6 heteroatoms. The largest absolute Gasteiger partial charge is 0.467 e. The number of ether oxygens (including phenoxy) is 1. The molecule has 0 saturated carbocycles. The number of carbonyl (C=O) groups is 1. The van der Waals surface area contributed by atoms with Gasteiger partial charge in [-0.15, -0.1) is 0 Å². The molecule has 1 rings (SSSR count). The molecule has 3 nitrogen and oxygen atoms in total. The van der Waals surface area contributed by atoms with Gasteiger partial charge in [0.2, 0.25) is 0 Å². The number of halogens is 3. The van der Waals surface area contributed by atoms with Gasteiger partial charge in [0.1, 0.15) is 0 Å². The normalized spacial score (nSPS) is 13.3. The van der Waals surface area contributed by atoms with Gasteiger partial charge in [0.15, 0.2) is 6.10 Å². The molecule has 1 N–H and O–H groups in total. The maximum Gasteiger partial charge on any atom is 0.339 e. The minimum Gasteiger partial charge on any atom is -0.467 e. The summed E-state index contributed by atoms with van der Waals surface area (Å²) in [4.78, 5) is 11.1. The molecule has 0 aliphatic carbocycles. The average molecular weight is 265 g/mol. The van der Waals surface area contributed by atoms with Crippen molar-refractivity contribution in [3.63, 3.8) is 0 Å². The summed E-state index contributed by atoms with van der Waals surface area (Å²) in [5.41, 5.74) is -0.823. The third-order valence-corrected chi connectivity index (χ3v) is 2.52. The molecule has 0 spiro atoms.